The minimum atomic E-state index is -3.93. The van der Waals surface area contributed by atoms with Crippen molar-refractivity contribution in [1.29, 1.82) is 0 Å². The lowest BCUT2D eigenvalue weighted by atomic mass is 10.2. The van der Waals surface area contributed by atoms with Gasteiger partial charge >= 0.3 is 0 Å². The van der Waals surface area contributed by atoms with Gasteiger partial charge in [-0.25, -0.2) is 12.8 Å². The smallest absolute Gasteiger partial charge is 0.279 e. The molecule has 0 saturated carbocycles. The highest BCUT2D eigenvalue weighted by atomic mass is 32.2. The highest BCUT2D eigenvalue weighted by molar-refractivity contribution is 7.92. The number of methoxy groups -OCH3 is 1. The van der Waals surface area contributed by atoms with Crippen LogP contribution in [0.1, 0.15) is 17.3 Å². The Morgan fingerprint density at radius 1 is 0.912 bits per heavy atom. The number of amides is 2. The number of hydrazine groups is 1. The van der Waals surface area contributed by atoms with Gasteiger partial charge in [0.2, 0.25) is 0 Å². The van der Waals surface area contributed by atoms with Crippen LogP contribution in [0.4, 0.5) is 10.1 Å². The number of hydrogen-bond donors (Lipinski definition) is 3. The standard InChI is InChI=1S/C23H22FN3O6S/c1-15(33-18-11-9-17(24)10-12-18)22(28)25-26-23(29)16-7-13-19(14-8-16)34(30,31)27-20-5-3-4-6-21(20)32-2/h3-15,27H,1-2H3,(H,25,28)(H,26,29). The maximum Gasteiger partial charge on any atom is 0.279 e. The van der Waals surface area contributed by atoms with Crippen molar-refractivity contribution in [2.45, 2.75) is 17.9 Å². The number of benzene rings is 3. The van der Waals surface area contributed by atoms with Crippen LogP contribution < -0.4 is 25.0 Å². The van der Waals surface area contributed by atoms with E-state index in [9.17, 15) is 22.4 Å². The van der Waals surface area contributed by atoms with Crippen molar-refractivity contribution < 1.29 is 31.9 Å². The van der Waals surface area contributed by atoms with Gasteiger partial charge in [0, 0.05) is 5.56 Å². The van der Waals surface area contributed by atoms with Crippen LogP contribution in [0, 0.1) is 5.82 Å². The molecule has 3 N–H and O–H groups in total. The maximum atomic E-state index is 12.9. The third-order valence-corrected chi connectivity index (χ3v) is 5.95. The van der Waals surface area contributed by atoms with E-state index in [1.807, 2.05) is 0 Å². The first-order valence-electron chi connectivity index (χ1n) is 9.98. The Labute approximate surface area is 195 Å². The molecule has 0 saturated heterocycles. The number of nitrogens with one attached hydrogen (secondary N) is 3. The number of ether oxygens (including phenoxy) is 2. The first-order valence-corrected chi connectivity index (χ1v) is 11.5. The molecule has 3 aromatic rings. The molecule has 178 valence electrons. The van der Waals surface area contributed by atoms with E-state index < -0.39 is 33.8 Å². The van der Waals surface area contributed by atoms with Gasteiger partial charge in [0.25, 0.3) is 21.8 Å². The van der Waals surface area contributed by atoms with Gasteiger partial charge in [-0.05, 0) is 67.6 Å². The summed E-state index contributed by atoms with van der Waals surface area (Å²) < 4.78 is 51.2. The van der Waals surface area contributed by atoms with E-state index in [0.717, 1.165) is 0 Å². The Balaban J connectivity index is 1.58. The molecule has 0 aliphatic rings. The fourth-order valence-electron chi connectivity index (χ4n) is 2.78. The van der Waals surface area contributed by atoms with Crippen molar-refractivity contribution in [3.63, 3.8) is 0 Å². The summed E-state index contributed by atoms with van der Waals surface area (Å²) in [6, 6.07) is 16.8. The number of sulfonamides is 1. The highest BCUT2D eigenvalue weighted by Crippen LogP contribution is 2.26. The highest BCUT2D eigenvalue weighted by Gasteiger charge is 2.19. The van der Waals surface area contributed by atoms with Gasteiger partial charge in [0.1, 0.15) is 17.3 Å². The molecule has 9 nitrogen and oxygen atoms in total. The Bertz CT molecular complexity index is 1260. The summed E-state index contributed by atoms with van der Waals surface area (Å²) in [6.07, 6.45) is -0.973. The molecule has 0 aliphatic carbocycles. The molecule has 1 atom stereocenters. The molecular weight excluding hydrogens is 465 g/mol. The fourth-order valence-corrected chi connectivity index (χ4v) is 3.85. The van der Waals surface area contributed by atoms with E-state index in [-0.39, 0.29) is 21.9 Å². The summed E-state index contributed by atoms with van der Waals surface area (Å²) in [6.45, 7) is 1.46. The van der Waals surface area contributed by atoms with Crippen LogP contribution >= 0.6 is 0 Å². The first-order chi connectivity index (χ1) is 16.2. The lowest BCUT2D eigenvalue weighted by Gasteiger charge is -2.15. The van der Waals surface area contributed by atoms with Crippen molar-refractivity contribution in [2.24, 2.45) is 0 Å². The predicted molar refractivity (Wildman–Crippen MR) is 122 cm³/mol. The van der Waals surface area contributed by atoms with Crippen molar-refractivity contribution in [2.75, 3.05) is 11.8 Å². The molecule has 0 aromatic heterocycles. The molecule has 0 heterocycles. The average Bonchev–Trinajstić information content (AvgIpc) is 2.84. The van der Waals surface area contributed by atoms with Gasteiger partial charge < -0.3 is 9.47 Å². The molecule has 0 bridgehead atoms. The van der Waals surface area contributed by atoms with E-state index in [0.29, 0.717) is 5.75 Å². The van der Waals surface area contributed by atoms with Crippen molar-refractivity contribution in [3.05, 3.63) is 84.2 Å². The molecule has 2 amide bonds. The second-order valence-corrected chi connectivity index (χ2v) is 8.67. The minimum Gasteiger partial charge on any atom is -0.495 e. The van der Waals surface area contributed by atoms with Crippen LogP contribution in [0.25, 0.3) is 0 Å². The summed E-state index contributed by atoms with van der Waals surface area (Å²) in [7, 11) is -2.50. The monoisotopic (exact) mass is 487 g/mol. The van der Waals surface area contributed by atoms with Crippen molar-refractivity contribution in [1.82, 2.24) is 10.9 Å². The Hall–Kier alpha value is -4.12. The number of halogens is 1. The average molecular weight is 488 g/mol. The Kier molecular flexibility index (Phi) is 7.69. The van der Waals surface area contributed by atoms with Crippen LogP contribution in [-0.2, 0) is 14.8 Å². The third kappa shape index (κ3) is 6.23. The molecule has 0 spiro atoms. The fraction of sp³-hybridized carbons (Fsp3) is 0.130. The number of anilines is 1. The maximum absolute atomic E-state index is 12.9. The summed E-state index contributed by atoms with van der Waals surface area (Å²) in [4.78, 5) is 24.4. The topological polar surface area (TPSA) is 123 Å². The molecule has 0 radical (unpaired) electrons. The largest absolute Gasteiger partial charge is 0.495 e. The Morgan fingerprint density at radius 3 is 2.21 bits per heavy atom. The zero-order chi connectivity index (χ0) is 24.7. The first kappa shape index (κ1) is 24.5. The van der Waals surface area contributed by atoms with E-state index in [2.05, 4.69) is 15.6 Å². The summed E-state index contributed by atoms with van der Waals surface area (Å²) in [5.41, 5.74) is 4.83. The minimum absolute atomic E-state index is 0.0692. The number of para-hydroxylation sites is 2. The van der Waals surface area contributed by atoms with Crippen molar-refractivity contribution >= 4 is 27.5 Å². The third-order valence-electron chi connectivity index (χ3n) is 4.57. The van der Waals surface area contributed by atoms with Crippen LogP contribution in [0.2, 0.25) is 0 Å². The van der Waals surface area contributed by atoms with Crippen LogP contribution in [-0.4, -0.2) is 33.4 Å². The summed E-state index contributed by atoms with van der Waals surface area (Å²) in [5, 5.41) is 0. The van der Waals surface area contributed by atoms with E-state index >= 15 is 0 Å². The molecule has 0 fully saturated rings. The number of carbonyl (C=O) groups excluding carboxylic acids is 2. The number of carbonyl (C=O) groups is 2. The normalized spacial score (nSPS) is 11.7. The van der Waals surface area contributed by atoms with Crippen LogP contribution in [0.5, 0.6) is 11.5 Å². The summed E-state index contributed by atoms with van der Waals surface area (Å²) in [5.74, 6) is -1.10. The molecule has 1 unspecified atom stereocenters. The zero-order valence-electron chi connectivity index (χ0n) is 18.2. The van der Waals surface area contributed by atoms with Gasteiger partial charge in [-0.15, -0.1) is 0 Å². The van der Waals surface area contributed by atoms with Gasteiger partial charge in [0.05, 0.1) is 17.7 Å². The lowest BCUT2D eigenvalue weighted by Crippen LogP contribution is -2.47. The van der Waals surface area contributed by atoms with Crippen LogP contribution in [0.3, 0.4) is 0 Å². The zero-order valence-corrected chi connectivity index (χ0v) is 19.1. The number of rotatable bonds is 8. The van der Waals surface area contributed by atoms with E-state index in [1.54, 1.807) is 24.3 Å². The molecular formula is C23H22FN3O6S. The quantitative estimate of drug-likeness (QED) is 0.420. The van der Waals surface area contributed by atoms with Gasteiger partial charge in [-0.3, -0.25) is 25.2 Å². The lowest BCUT2D eigenvalue weighted by molar-refractivity contribution is -0.128. The predicted octanol–water partition coefficient (Wildman–Crippen LogP) is 2.86. The molecule has 11 heteroatoms. The van der Waals surface area contributed by atoms with E-state index in [1.165, 1.54) is 62.6 Å². The second-order valence-electron chi connectivity index (χ2n) is 6.99. The van der Waals surface area contributed by atoms with Crippen molar-refractivity contribution in [3.8, 4) is 11.5 Å². The second kappa shape index (κ2) is 10.7. The molecule has 3 aromatic carbocycles. The molecule has 34 heavy (non-hydrogen) atoms. The summed E-state index contributed by atoms with van der Waals surface area (Å²) >= 11 is 0. The molecule has 0 aliphatic heterocycles. The number of hydrogen-bond acceptors (Lipinski definition) is 6. The van der Waals surface area contributed by atoms with Gasteiger partial charge in [-0.2, -0.15) is 0 Å². The van der Waals surface area contributed by atoms with E-state index in [4.69, 9.17) is 9.47 Å². The SMILES string of the molecule is COc1ccccc1NS(=O)(=O)c1ccc(C(=O)NNC(=O)C(C)Oc2ccc(F)cc2)cc1. The molecule has 3 rings (SSSR count). The van der Waals surface area contributed by atoms with Gasteiger partial charge in [-0.1, -0.05) is 12.1 Å². The Morgan fingerprint density at radius 2 is 1.56 bits per heavy atom. The van der Waals surface area contributed by atoms with Gasteiger partial charge in [0.15, 0.2) is 6.10 Å². The van der Waals surface area contributed by atoms with Crippen LogP contribution in [0.15, 0.2) is 77.7 Å².